The predicted molar refractivity (Wildman–Crippen MR) is 124 cm³/mol. The van der Waals surface area contributed by atoms with Gasteiger partial charge in [0.25, 0.3) is 5.91 Å². The van der Waals surface area contributed by atoms with Crippen LogP contribution in [-0.4, -0.2) is 36.1 Å². The van der Waals surface area contributed by atoms with Crippen molar-refractivity contribution in [3.8, 4) is 0 Å². The number of amides is 3. The summed E-state index contributed by atoms with van der Waals surface area (Å²) >= 11 is 0. The molecule has 8 nitrogen and oxygen atoms in total. The highest BCUT2D eigenvalue weighted by Crippen LogP contribution is 2.42. The number of carbonyl (C=O) groups is 5. The highest BCUT2D eigenvalue weighted by molar-refractivity contribution is 6.22. The van der Waals surface area contributed by atoms with E-state index in [0.717, 1.165) is 6.42 Å². The Bertz CT molecular complexity index is 1170. The molecule has 0 radical (unpaired) electrons. The van der Waals surface area contributed by atoms with E-state index < -0.39 is 18.5 Å². The maximum absolute atomic E-state index is 12.9. The molecule has 1 N–H and O–H groups in total. The van der Waals surface area contributed by atoms with E-state index in [0.29, 0.717) is 35.7 Å². The average Bonchev–Trinajstić information content (AvgIpc) is 3.06. The number of hydrogen-bond acceptors (Lipinski definition) is 6. The van der Waals surface area contributed by atoms with Crippen LogP contribution in [0.5, 0.6) is 0 Å². The van der Waals surface area contributed by atoms with Crippen molar-refractivity contribution in [2.45, 2.75) is 33.1 Å². The second-order valence-corrected chi connectivity index (χ2v) is 8.95. The van der Waals surface area contributed by atoms with Crippen LogP contribution in [0.1, 0.15) is 53.8 Å². The van der Waals surface area contributed by atoms with E-state index in [2.05, 4.69) is 12.2 Å². The molecule has 1 saturated carbocycles. The number of hydrogen-bond donors (Lipinski definition) is 1. The molecule has 2 aliphatic rings. The smallest absolute Gasteiger partial charge is 0.338 e. The zero-order valence-electron chi connectivity index (χ0n) is 19.1. The number of Topliss-reactive ketones (excluding diaryl/α,β-unsaturated/α-hetero) is 1. The molecule has 0 bridgehead atoms. The Labute approximate surface area is 197 Å². The molecule has 2 fully saturated rings. The van der Waals surface area contributed by atoms with Gasteiger partial charge in [0.1, 0.15) is 0 Å². The van der Waals surface area contributed by atoms with Gasteiger partial charge in [-0.2, -0.15) is 0 Å². The van der Waals surface area contributed by atoms with Crippen molar-refractivity contribution in [3.05, 3.63) is 59.7 Å². The SMILES string of the molecule is CC(=O)c1cccc(NC(=O)COC(=O)c2cccc(N3C(=O)[C@@H]4CC[C@H](C)C[C@H]4C3=O)c2)c1. The van der Waals surface area contributed by atoms with Gasteiger partial charge in [0, 0.05) is 11.3 Å². The third-order valence-electron chi connectivity index (χ3n) is 6.41. The first-order chi connectivity index (χ1) is 16.2. The number of fused-ring (bicyclic) bond motifs is 1. The lowest BCUT2D eigenvalue weighted by molar-refractivity contribution is -0.122. The molecule has 3 amide bonds. The van der Waals surface area contributed by atoms with Crippen molar-refractivity contribution in [1.82, 2.24) is 0 Å². The summed E-state index contributed by atoms with van der Waals surface area (Å²) in [6.45, 7) is 2.98. The maximum Gasteiger partial charge on any atom is 0.338 e. The summed E-state index contributed by atoms with van der Waals surface area (Å²) < 4.78 is 5.11. The number of imide groups is 1. The van der Waals surface area contributed by atoms with Crippen LogP contribution >= 0.6 is 0 Å². The van der Waals surface area contributed by atoms with Gasteiger partial charge in [0.15, 0.2) is 12.4 Å². The highest BCUT2D eigenvalue weighted by Gasteiger charge is 2.50. The fourth-order valence-corrected chi connectivity index (χ4v) is 4.64. The molecule has 1 aliphatic heterocycles. The number of nitrogens with zero attached hydrogens (tertiary/aromatic N) is 1. The molecule has 0 spiro atoms. The molecule has 34 heavy (non-hydrogen) atoms. The Balaban J connectivity index is 1.40. The second-order valence-electron chi connectivity index (χ2n) is 8.95. The molecule has 1 aliphatic carbocycles. The average molecular weight is 463 g/mol. The van der Waals surface area contributed by atoms with E-state index in [9.17, 15) is 24.0 Å². The van der Waals surface area contributed by atoms with Crippen LogP contribution in [0.25, 0.3) is 0 Å². The van der Waals surface area contributed by atoms with Crippen LogP contribution < -0.4 is 10.2 Å². The van der Waals surface area contributed by atoms with Crippen molar-refractivity contribution in [2.75, 3.05) is 16.8 Å². The summed E-state index contributed by atoms with van der Waals surface area (Å²) in [6, 6.07) is 12.6. The highest BCUT2D eigenvalue weighted by atomic mass is 16.5. The molecule has 176 valence electrons. The van der Waals surface area contributed by atoms with Gasteiger partial charge in [-0.25, -0.2) is 4.79 Å². The van der Waals surface area contributed by atoms with E-state index in [1.165, 1.54) is 30.0 Å². The minimum absolute atomic E-state index is 0.132. The number of rotatable bonds is 6. The van der Waals surface area contributed by atoms with Gasteiger partial charge in [-0.15, -0.1) is 0 Å². The van der Waals surface area contributed by atoms with Crippen molar-refractivity contribution < 1.29 is 28.7 Å². The molecule has 1 saturated heterocycles. The van der Waals surface area contributed by atoms with Crippen molar-refractivity contribution in [2.24, 2.45) is 17.8 Å². The first kappa shape index (κ1) is 23.4. The fourth-order valence-electron chi connectivity index (χ4n) is 4.64. The number of esters is 1. The molecular weight excluding hydrogens is 436 g/mol. The van der Waals surface area contributed by atoms with Gasteiger partial charge >= 0.3 is 5.97 Å². The topological polar surface area (TPSA) is 110 Å². The standard InChI is InChI=1S/C26H26N2O6/c1-15-9-10-21-22(11-15)25(32)28(24(21)31)20-8-4-6-18(13-20)26(33)34-14-23(30)27-19-7-3-5-17(12-19)16(2)29/h3-8,12-13,15,21-22H,9-11,14H2,1-2H3,(H,27,30)/t15-,21+,22+/m0/s1. The molecule has 1 heterocycles. The summed E-state index contributed by atoms with van der Waals surface area (Å²) in [5, 5.41) is 2.58. The minimum Gasteiger partial charge on any atom is -0.452 e. The van der Waals surface area contributed by atoms with Crippen LogP contribution in [0.3, 0.4) is 0 Å². The fraction of sp³-hybridized carbons (Fsp3) is 0.346. The lowest BCUT2D eigenvalue weighted by Crippen LogP contribution is -2.31. The zero-order valence-corrected chi connectivity index (χ0v) is 19.1. The first-order valence-electron chi connectivity index (χ1n) is 11.3. The zero-order chi connectivity index (χ0) is 24.4. The number of ketones is 1. The number of benzene rings is 2. The molecule has 8 heteroatoms. The molecule has 2 aromatic carbocycles. The molecular formula is C26H26N2O6. The lowest BCUT2D eigenvalue weighted by Gasteiger charge is -2.25. The molecule has 3 atom stereocenters. The molecule has 4 rings (SSSR count). The van der Waals surface area contributed by atoms with Gasteiger partial charge in [-0.05, 0) is 62.4 Å². The largest absolute Gasteiger partial charge is 0.452 e. The first-order valence-corrected chi connectivity index (χ1v) is 11.3. The summed E-state index contributed by atoms with van der Waals surface area (Å²) in [7, 11) is 0. The molecule has 2 aromatic rings. The van der Waals surface area contributed by atoms with Crippen molar-refractivity contribution >= 4 is 40.8 Å². The Hall–Kier alpha value is -3.81. The summed E-state index contributed by atoms with van der Waals surface area (Å²) in [5.74, 6) is -2.10. The Kier molecular flexibility index (Phi) is 6.58. The van der Waals surface area contributed by atoms with Crippen LogP contribution in [0.2, 0.25) is 0 Å². The second kappa shape index (κ2) is 9.59. The van der Waals surface area contributed by atoms with Gasteiger partial charge < -0.3 is 10.1 Å². The minimum atomic E-state index is -0.750. The van der Waals surface area contributed by atoms with E-state index in [1.807, 2.05) is 0 Å². The van der Waals surface area contributed by atoms with E-state index >= 15 is 0 Å². The summed E-state index contributed by atoms with van der Waals surface area (Å²) in [4.78, 5) is 63.2. The van der Waals surface area contributed by atoms with Crippen LogP contribution in [0.15, 0.2) is 48.5 Å². The van der Waals surface area contributed by atoms with Crippen LogP contribution in [0, 0.1) is 17.8 Å². The number of ether oxygens (including phenoxy) is 1. The van der Waals surface area contributed by atoms with Gasteiger partial charge in [-0.1, -0.05) is 25.1 Å². The van der Waals surface area contributed by atoms with E-state index in [-0.39, 0.29) is 35.0 Å². The Morgan fingerprint density at radius 1 is 0.971 bits per heavy atom. The monoisotopic (exact) mass is 462 g/mol. The summed E-state index contributed by atoms with van der Waals surface area (Å²) in [6.07, 6.45) is 2.30. The van der Waals surface area contributed by atoms with E-state index in [4.69, 9.17) is 4.74 Å². The molecule has 0 unspecified atom stereocenters. The maximum atomic E-state index is 12.9. The van der Waals surface area contributed by atoms with E-state index in [1.54, 1.807) is 30.3 Å². The number of anilines is 2. The molecule has 0 aromatic heterocycles. The quantitative estimate of drug-likeness (QED) is 0.399. The van der Waals surface area contributed by atoms with Crippen molar-refractivity contribution in [3.63, 3.8) is 0 Å². The predicted octanol–water partition coefficient (Wildman–Crippen LogP) is 3.61. The van der Waals surface area contributed by atoms with Crippen LogP contribution in [-0.2, 0) is 19.1 Å². The Morgan fingerprint density at radius 3 is 2.44 bits per heavy atom. The summed E-state index contributed by atoms with van der Waals surface area (Å²) in [5.41, 5.74) is 1.33. The lowest BCUT2D eigenvalue weighted by atomic mass is 9.76. The van der Waals surface area contributed by atoms with Crippen molar-refractivity contribution in [1.29, 1.82) is 0 Å². The van der Waals surface area contributed by atoms with Crippen LogP contribution in [0.4, 0.5) is 11.4 Å². The van der Waals surface area contributed by atoms with Gasteiger partial charge in [0.2, 0.25) is 11.8 Å². The number of nitrogens with one attached hydrogen (secondary N) is 1. The van der Waals surface area contributed by atoms with Gasteiger partial charge in [0.05, 0.1) is 23.1 Å². The third kappa shape index (κ3) is 4.76. The number of carbonyl (C=O) groups excluding carboxylic acids is 5. The third-order valence-corrected chi connectivity index (χ3v) is 6.41. The Morgan fingerprint density at radius 2 is 1.68 bits per heavy atom. The normalized spacial score (nSPS) is 21.7. The van der Waals surface area contributed by atoms with Gasteiger partial charge in [-0.3, -0.25) is 24.1 Å².